The van der Waals surface area contributed by atoms with Gasteiger partial charge in [-0.1, -0.05) is 25.4 Å². The molecule has 0 heterocycles. The Morgan fingerprint density at radius 2 is 2.00 bits per heavy atom. The molecule has 5 nitrogen and oxygen atoms in total. The van der Waals surface area contributed by atoms with Crippen LogP contribution in [-0.2, 0) is 4.79 Å². The maximum absolute atomic E-state index is 11.9. The van der Waals surface area contributed by atoms with Gasteiger partial charge in [-0.15, -0.1) is 0 Å². The van der Waals surface area contributed by atoms with Gasteiger partial charge in [0.15, 0.2) is 0 Å². The fraction of sp³-hybridized carbons (Fsp3) is 0.429. The summed E-state index contributed by atoms with van der Waals surface area (Å²) in [6, 6.07) is 4.70. The normalized spacial score (nSPS) is 10.4. The van der Waals surface area contributed by atoms with Gasteiger partial charge in [0.05, 0.1) is 10.6 Å². The zero-order valence-electron chi connectivity index (χ0n) is 11.7. The number of carbonyl (C=O) groups is 2. The van der Waals surface area contributed by atoms with E-state index < -0.39 is 0 Å². The summed E-state index contributed by atoms with van der Waals surface area (Å²) in [7, 11) is 0. The molecule has 0 aromatic heterocycles. The van der Waals surface area contributed by atoms with E-state index in [-0.39, 0.29) is 24.8 Å². The van der Waals surface area contributed by atoms with Gasteiger partial charge >= 0.3 is 0 Å². The number of rotatable bonds is 6. The van der Waals surface area contributed by atoms with E-state index in [1.54, 1.807) is 12.1 Å². The average Bonchev–Trinajstić information content (AvgIpc) is 2.39. The molecule has 2 amide bonds. The van der Waals surface area contributed by atoms with Gasteiger partial charge in [-0.25, -0.2) is 0 Å². The van der Waals surface area contributed by atoms with Crippen molar-refractivity contribution in [3.8, 4) is 0 Å². The Morgan fingerprint density at radius 3 is 2.65 bits per heavy atom. The summed E-state index contributed by atoms with van der Waals surface area (Å²) in [6.07, 6.45) is 0.235. The van der Waals surface area contributed by atoms with Crippen molar-refractivity contribution in [1.29, 1.82) is 0 Å². The lowest BCUT2D eigenvalue weighted by Gasteiger charge is -2.09. The first-order valence-electron chi connectivity index (χ1n) is 6.50. The van der Waals surface area contributed by atoms with Crippen LogP contribution < -0.4 is 16.4 Å². The Hall–Kier alpha value is -1.75. The van der Waals surface area contributed by atoms with E-state index in [0.717, 1.165) is 0 Å². The number of nitrogens with one attached hydrogen (secondary N) is 2. The molecule has 0 radical (unpaired) electrons. The third-order valence-electron chi connectivity index (χ3n) is 2.58. The Morgan fingerprint density at radius 1 is 1.30 bits per heavy atom. The third-order valence-corrected chi connectivity index (χ3v) is 2.91. The first-order chi connectivity index (χ1) is 9.40. The molecule has 0 bridgehead atoms. The lowest BCUT2D eigenvalue weighted by atomic mass is 10.2. The minimum absolute atomic E-state index is 0.0855. The highest BCUT2D eigenvalue weighted by atomic mass is 35.5. The fourth-order valence-corrected chi connectivity index (χ4v) is 1.71. The summed E-state index contributed by atoms with van der Waals surface area (Å²) < 4.78 is 0. The van der Waals surface area contributed by atoms with Crippen LogP contribution in [0, 0.1) is 5.92 Å². The van der Waals surface area contributed by atoms with E-state index >= 15 is 0 Å². The molecule has 0 fully saturated rings. The second-order valence-corrected chi connectivity index (χ2v) is 5.35. The standard InChI is InChI=1S/C14H20ClN3O2/c1-9(2)8-18-13(19)5-6-17-14(20)11-7-10(16)3-4-12(11)15/h3-4,7,9H,5-6,8,16H2,1-2H3,(H,17,20)(H,18,19). The molecular formula is C14H20ClN3O2. The van der Waals surface area contributed by atoms with Crippen molar-refractivity contribution >= 4 is 29.1 Å². The summed E-state index contributed by atoms with van der Waals surface area (Å²) in [5.74, 6) is -0.0173. The molecule has 0 saturated carbocycles. The van der Waals surface area contributed by atoms with Crippen LogP contribution in [0.15, 0.2) is 18.2 Å². The summed E-state index contributed by atoms with van der Waals surface area (Å²) in [4.78, 5) is 23.4. The summed E-state index contributed by atoms with van der Waals surface area (Å²) >= 11 is 5.92. The topological polar surface area (TPSA) is 84.2 Å². The molecule has 0 saturated heterocycles. The van der Waals surface area contributed by atoms with E-state index in [1.807, 2.05) is 13.8 Å². The lowest BCUT2D eigenvalue weighted by molar-refractivity contribution is -0.121. The van der Waals surface area contributed by atoms with Gasteiger partial charge < -0.3 is 16.4 Å². The zero-order valence-corrected chi connectivity index (χ0v) is 12.5. The second-order valence-electron chi connectivity index (χ2n) is 4.94. The molecule has 0 unspecified atom stereocenters. The highest BCUT2D eigenvalue weighted by Crippen LogP contribution is 2.18. The minimum atomic E-state index is -0.334. The lowest BCUT2D eigenvalue weighted by Crippen LogP contribution is -2.32. The zero-order chi connectivity index (χ0) is 15.1. The van der Waals surface area contributed by atoms with Crippen LogP contribution in [0.2, 0.25) is 5.02 Å². The summed E-state index contributed by atoms with van der Waals surface area (Å²) in [6.45, 7) is 4.93. The number of nitrogen functional groups attached to an aromatic ring is 1. The van der Waals surface area contributed by atoms with Crippen molar-refractivity contribution < 1.29 is 9.59 Å². The highest BCUT2D eigenvalue weighted by Gasteiger charge is 2.11. The number of hydrogen-bond acceptors (Lipinski definition) is 3. The van der Waals surface area contributed by atoms with Crippen molar-refractivity contribution in [3.05, 3.63) is 28.8 Å². The molecule has 0 aliphatic heterocycles. The molecule has 110 valence electrons. The van der Waals surface area contributed by atoms with Crippen LogP contribution in [0.1, 0.15) is 30.6 Å². The average molecular weight is 298 g/mol. The number of halogens is 1. The third kappa shape index (κ3) is 5.48. The van der Waals surface area contributed by atoms with Gasteiger partial charge in [-0.2, -0.15) is 0 Å². The maximum atomic E-state index is 11.9. The Labute approximate surface area is 123 Å². The fourth-order valence-electron chi connectivity index (χ4n) is 1.51. The first-order valence-corrected chi connectivity index (χ1v) is 6.88. The number of benzene rings is 1. The number of hydrogen-bond donors (Lipinski definition) is 3. The molecule has 0 spiro atoms. The van der Waals surface area contributed by atoms with E-state index in [9.17, 15) is 9.59 Å². The van der Waals surface area contributed by atoms with E-state index in [1.165, 1.54) is 6.07 Å². The van der Waals surface area contributed by atoms with Crippen LogP contribution in [0.5, 0.6) is 0 Å². The van der Waals surface area contributed by atoms with Gasteiger partial charge in [-0.05, 0) is 24.1 Å². The van der Waals surface area contributed by atoms with Crippen molar-refractivity contribution in [2.24, 2.45) is 5.92 Å². The van der Waals surface area contributed by atoms with Crippen LogP contribution in [0.3, 0.4) is 0 Å². The van der Waals surface area contributed by atoms with Crippen LogP contribution in [0.25, 0.3) is 0 Å². The minimum Gasteiger partial charge on any atom is -0.399 e. The molecule has 4 N–H and O–H groups in total. The van der Waals surface area contributed by atoms with E-state index in [4.69, 9.17) is 17.3 Å². The van der Waals surface area contributed by atoms with Gasteiger partial charge in [0.1, 0.15) is 0 Å². The van der Waals surface area contributed by atoms with Crippen molar-refractivity contribution in [2.45, 2.75) is 20.3 Å². The second kappa shape index (κ2) is 7.75. The predicted octanol–water partition coefficient (Wildman–Crippen LogP) is 1.81. The molecule has 0 aliphatic carbocycles. The summed E-state index contributed by atoms with van der Waals surface area (Å²) in [5, 5.41) is 5.76. The largest absolute Gasteiger partial charge is 0.399 e. The molecule has 1 aromatic rings. The SMILES string of the molecule is CC(C)CNC(=O)CCNC(=O)c1cc(N)ccc1Cl. The van der Waals surface area contributed by atoms with Gasteiger partial charge in [0.2, 0.25) is 5.91 Å². The molecule has 1 aromatic carbocycles. The molecule has 1 rings (SSSR count). The number of carbonyl (C=O) groups excluding carboxylic acids is 2. The van der Waals surface area contributed by atoms with Crippen LogP contribution in [-0.4, -0.2) is 24.9 Å². The maximum Gasteiger partial charge on any atom is 0.252 e. The van der Waals surface area contributed by atoms with Crippen LogP contribution in [0.4, 0.5) is 5.69 Å². The van der Waals surface area contributed by atoms with Crippen molar-refractivity contribution in [2.75, 3.05) is 18.8 Å². The molecular weight excluding hydrogens is 278 g/mol. The molecule has 0 atom stereocenters. The number of amides is 2. The predicted molar refractivity (Wildman–Crippen MR) is 80.7 cm³/mol. The van der Waals surface area contributed by atoms with Gasteiger partial charge in [-0.3, -0.25) is 9.59 Å². The van der Waals surface area contributed by atoms with E-state index in [0.29, 0.717) is 28.7 Å². The van der Waals surface area contributed by atoms with Crippen molar-refractivity contribution in [1.82, 2.24) is 10.6 Å². The first kappa shape index (κ1) is 16.3. The molecule has 6 heteroatoms. The van der Waals surface area contributed by atoms with Crippen LogP contribution >= 0.6 is 11.6 Å². The highest BCUT2D eigenvalue weighted by molar-refractivity contribution is 6.34. The Bertz CT molecular complexity index is 489. The Kier molecular flexibility index (Phi) is 6.31. The quantitative estimate of drug-likeness (QED) is 0.700. The summed E-state index contributed by atoms with van der Waals surface area (Å²) in [5.41, 5.74) is 6.39. The Balaban J connectivity index is 2.40. The van der Waals surface area contributed by atoms with Crippen molar-refractivity contribution in [3.63, 3.8) is 0 Å². The smallest absolute Gasteiger partial charge is 0.252 e. The van der Waals surface area contributed by atoms with Gasteiger partial charge in [0.25, 0.3) is 5.91 Å². The molecule has 0 aliphatic rings. The number of nitrogens with two attached hydrogens (primary N) is 1. The van der Waals surface area contributed by atoms with E-state index in [2.05, 4.69) is 10.6 Å². The number of anilines is 1. The monoisotopic (exact) mass is 297 g/mol. The van der Waals surface area contributed by atoms with Gasteiger partial charge in [0, 0.05) is 25.2 Å². The molecule has 20 heavy (non-hydrogen) atoms.